The number of hydrogen-bond acceptors (Lipinski definition) is 3. The summed E-state index contributed by atoms with van der Waals surface area (Å²) in [5, 5.41) is 9.31. The molecule has 3 N–H and O–H groups in total. The van der Waals surface area contributed by atoms with E-state index in [1.165, 1.54) is 0 Å². The van der Waals surface area contributed by atoms with E-state index in [4.69, 9.17) is 5.73 Å². The number of carboxylic acid groups (broad SMARTS) is 1. The minimum Gasteiger partial charge on any atom is -0.481 e. The number of likely N-dealkylation sites (tertiary alicyclic amines) is 2. The fourth-order valence-corrected chi connectivity index (χ4v) is 3.10. The zero-order chi connectivity index (χ0) is 15.8. The van der Waals surface area contributed by atoms with Gasteiger partial charge in [0.15, 0.2) is 0 Å². The van der Waals surface area contributed by atoms with E-state index in [0.29, 0.717) is 38.9 Å². The Hall–Kier alpha value is -1.79. The van der Waals surface area contributed by atoms with Crippen LogP contribution in [0.25, 0.3) is 0 Å². The predicted octanol–water partition coefficient (Wildman–Crippen LogP) is 0.490. The molecule has 2 aliphatic heterocycles. The van der Waals surface area contributed by atoms with Gasteiger partial charge in [-0.3, -0.25) is 9.59 Å². The Labute approximate surface area is 124 Å². The van der Waals surface area contributed by atoms with Gasteiger partial charge in [-0.15, -0.1) is 0 Å². The van der Waals surface area contributed by atoms with Gasteiger partial charge < -0.3 is 20.6 Å². The average molecular weight is 297 g/mol. The van der Waals surface area contributed by atoms with Gasteiger partial charge in [0.25, 0.3) is 0 Å². The van der Waals surface area contributed by atoms with E-state index < -0.39 is 22.7 Å². The number of aliphatic carboxylic acids is 1. The van der Waals surface area contributed by atoms with Crippen molar-refractivity contribution in [3.63, 3.8) is 0 Å². The third kappa shape index (κ3) is 2.82. The van der Waals surface area contributed by atoms with Crippen LogP contribution < -0.4 is 5.73 Å². The topological polar surface area (TPSA) is 104 Å². The molecule has 0 aromatic rings. The fraction of sp³-hybridized carbons (Fsp3) is 0.786. The van der Waals surface area contributed by atoms with Crippen LogP contribution in [0.1, 0.15) is 33.1 Å². The van der Waals surface area contributed by atoms with Gasteiger partial charge in [-0.1, -0.05) is 0 Å². The number of carboxylic acids is 1. The van der Waals surface area contributed by atoms with Crippen LogP contribution in [0.4, 0.5) is 4.79 Å². The zero-order valence-electron chi connectivity index (χ0n) is 12.6. The van der Waals surface area contributed by atoms with Crippen molar-refractivity contribution in [1.29, 1.82) is 0 Å². The number of amides is 3. The van der Waals surface area contributed by atoms with Gasteiger partial charge in [0, 0.05) is 26.2 Å². The number of hydrogen-bond donors (Lipinski definition) is 2. The molecule has 2 fully saturated rings. The van der Waals surface area contributed by atoms with Gasteiger partial charge in [-0.25, -0.2) is 4.79 Å². The van der Waals surface area contributed by atoms with Crippen LogP contribution in [0, 0.1) is 10.8 Å². The quantitative estimate of drug-likeness (QED) is 0.774. The van der Waals surface area contributed by atoms with Crippen LogP contribution in [-0.2, 0) is 9.59 Å². The van der Waals surface area contributed by atoms with Crippen molar-refractivity contribution in [2.75, 3.05) is 26.2 Å². The fourth-order valence-electron chi connectivity index (χ4n) is 3.10. The summed E-state index contributed by atoms with van der Waals surface area (Å²) in [6.45, 7) is 5.00. The molecule has 0 spiro atoms. The molecule has 118 valence electrons. The lowest BCUT2D eigenvalue weighted by Gasteiger charge is -2.39. The number of nitrogens with zero attached hydrogens (tertiary/aromatic N) is 2. The van der Waals surface area contributed by atoms with E-state index in [1.54, 1.807) is 23.6 Å². The summed E-state index contributed by atoms with van der Waals surface area (Å²) in [6.07, 6.45) is 1.80. The Bertz CT molecular complexity index is 481. The number of piperidine rings is 1. The van der Waals surface area contributed by atoms with Gasteiger partial charge in [0.2, 0.25) is 5.91 Å². The number of urea groups is 1. The molecule has 2 rings (SSSR count). The van der Waals surface area contributed by atoms with Crippen molar-refractivity contribution < 1.29 is 19.5 Å². The van der Waals surface area contributed by atoms with E-state index in [0.717, 1.165) is 0 Å². The average Bonchev–Trinajstić information content (AvgIpc) is 2.82. The molecule has 2 saturated heterocycles. The molecular formula is C14H23N3O4. The third-order valence-electron chi connectivity index (χ3n) is 4.82. The lowest BCUT2D eigenvalue weighted by molar-refractivity contribution is -0.150. The molecule has 2 atom stereocenters. The Kier molecular flexibility index (Phi) is 3.86. The van der Waals surface area contributed by atoms with Crippen molar-refractivity contribution in [2.24, 2.45) is 16.6 Å². The predicted molar refractivity (Wildman–Crippen MR) is 75.4 cm³/mol. The summed E-state index contributed by atoms with van der Waals surface area (Å²) >= 11 is 0. The van der Waals surface area contributed by atoms with Crippen LogP contribution in [0.3, 0.4) is 0 Å². The first-order valence-electron chi connectivity index (χ1n) is 7.25. The second-order valence-electron chi connectivity index (χ2n) is 6.77. The summed E-state index contributed by atoms with van der Waals surface area (Å²) in [5.74, 6) is -1.27. The molecule has 7 nitrogen and oxygen atoms in total. The highest BCUT2D eigenvalue weighted by Crippen LogP contribution is 2.33. The highest BCUT2D eigenvalue weighted by Gasteiger charge is 2.44. The van der Waals surface area contributed by atoms with E-state index in [1.807, 2.05) is 0 Å². The second kappa shape index (κ2) is 5.20. The summed E-state index contributed by atoms with van der Waals surface area (Å²) < 4.78 is 0. The van der Waals surface area contributed by atoms with Gasteiger partial charge in [-0.05, 0) is 33.1 Å². The summed E-state index contributed by atoms with van der Waals surface area (Å²) in [7, 11) is 0. The number of carbonyl (C=O) groups is 3. The number of carbonyl (C=O) groups excluding carboxylic acids is 2. The van der Waals surface area contributed by atoms with Gasteiger partial charge in [0.05, 0.1) is 10.8 Å². The third-order valence-corrected chi connectivity index (χ3v) is 4.82. The molecule has 0 aromatic heterocycles. The summed E-state index contributed by atoms with van der Waals surface area (Å²) in [4.78, 5) is 38.5. The van der Waals surface area contributed by atoms with E-state index in [9.17, 15) is 19.5 Å². The Morgan fingerprint density at radius 1 is 1.00 bits per heavy atom. The summed E-state index contributed by atoms with van der Waals surface area (Å²) in [5.41, 5.74) is 3.82. The molecule has 2 aliphatic rings. The second-order valence-corrected chi connectivity index (χ2v) is 6.77. The SMILES string of the molecule is CC1(C(N)=O)CCN(C(=O)N2CCCC(C)(C(=O)O)C2)C1. The normalized spacial score (nSPS) is 33.0. The van der Waals surface area contributed by atoms with E-state index in [-0.39, 0.29) is 12.6 Å². The van der Waals surface area contributed by atoms with Crippen LogP contribution >= 0.6 is 0 Å². The molecule has 3 amide bonds. The highest BCUT2D eigenvalue weighted by molar-refractivity contribution is 5.83. The molecule has 2 unspecified atom stereocenters. The molecule has 0 aliphatic carbocycles. The summed E-state index contributed by atoms with van der Waals surface area (Å²) in [6, 6.07) is -0.188. The first-order chi connectivity index (χ1) is 9.68. The molecule has 2 heterocycles. The smallest absolute Gasteiger partial charge is 0.320 e. The first kappa shape index (κ1) is 15.6. The van der Waals surface area contributed by atoms with E-state index in [2.05, 4.69) is 0 Å². The molecule has 21 heavy (non-hydrogen) atoms. The van der Waals surface area contributed by atoms with Gasteiger partial charge >= 0.3 is 12.0 Å². The van der Waals surface area contributed by atoms with Crippen molar-refractivity contribution in [1.82, 2.24) is 9.80 Å². The Morgan fingerprint density at radius 3 is 2.10 bits per heavy atom. The minimum atomic E-state index is -0.888. The van der Waals surface area contributed by atoms with Crippen LogP contribution in [0.5, 0.6) is 0 Å². The van der Waals surface area contributed by atoms with Gasteiger partial charge in [-0.2, -0.15) is 0 Å². The molecule has 0 aromatic carbocycles. The van der Waals surface area contributed by atoms with Crippen LogP contribution in [0.2, 0.25) is 0 Å². The van der Waals surface area contributed by atoms with Gasteiger partial charge in [0.1, 0.15) is 0 Å². The maximum absolute atomic E-state index is 12.5. The maximum atomic E-state index is 12.5. The lowest BCUT2D eigenvalue weighted by atomic mass is 9.82. The monoisotopic (exact) mass is 297 g/mol. The highest BCUT2D eigenvalue weighted by atomic mass is 16.4. The molecule has 0 bridgehead atoms. The van der Waals surface area contributed by atoms with Crippen molar-refractivity contribution in [2.45, 2.75) is 33.1 Å². The molecule has 0 radical (unpaired) electrons. The first-order valence-corrected chi connectivity index (χ1v) is 7.25. The standard InChI is InChI=1S/C14H23N3O4/c1-13(10(15)18)5-7-17(8-13)12(21)16-6-3-4-14(2,9-16)11(19)20/h3-9H2,1-2H3,(H2,15,18)(H,19,20). The van der Waals surface area contributed by atoms with E-state index >= 15 is 0 Å². The van der Waals surface area contributed by atoms with Crippen LogP contribution in [0.15, 0.2) is 0 Å². The molecule has 0 saturated carbocycles. The number of rotatable bonds is 2. The largest absolute Gasteiger partial charge is 0.481 e. The zero-order valence-corrected chi connectivity index (χ0v) is 12.6. The van der Waals surface area contributed by atoms with Crippen molar-refractivity contribution in [3.8, 4) is 0 Å². The molecule has 7 heteroatoms. The van der Waals surface area contributed by atoms with Crippen LogP contribution in [-0.4, -0.2) is 59.0 Å². The molecular weight excluding hydrogens is 274 g/mol. The Balaban J connectivity index is 2.04. The number of primary amides is 1. The minimum absolute atomic E-state index is 0.188. The van der Waals surface area contributed by atoms with Crippen molar-refractivity contribution in [3.05, 3.63) is 0 Å². The maximum Gasteiger partial charge on any atom is 0.320 e. The number of nitrogens with two attached hydrogens (primary N) is 1. The Morgan fingerprint density at radius 2 is 1.57 bits per heavy atom. The lowest BCUT2D eigenvalue weighted by Crippen LogP contribution is -2.52. The van der Waals surface area contributed by atoms with Crippen molar-refractivity contribution >= 4 is 17.9 Å².